The molecule has 0 unspecified atom stereocenters. The van der Waals surface area contributed by atoms with E-state index in [1.165, 1.54) is 0 Å². The minimum atomic E-state index is -0.0823. The van der Waals surface area contributed by atoms with Crippen LogP contribution in [0.25, 0.3) is 0 Å². The van der Waals surface area contributed by atoms with Crippen molar-refractivity contribution in [3.05, 3.63) is 28.2 Å². The topological polar surface area (TPSA) is 61.9 Å². The number of nitrogens with one attached hydrogen (secondary N) is 1. The second kappa shape index (κ2) is 9.85. The van der Waals surface area contributed by atoms with E-state index < -0.39 is 0 Å². The molecule has 1 aliphatic heterocycles. The number of hydrogen-bond acceptors (Lipinski definition) is 4. The van der Waals surface area contributed by atoms with Gasteiger partial charge in [-0.2, -0.15) is 0 Å². The predicted octanol–water partition coefficient (Wildman–Crippen LogP) is 2.04. The van der Waals surface area contributed by atoms with Crippen molar-refractivity contribution in [1.82, 2.24) is 15.1 Å². The van der Waals surface area contributed by atoms with Gasteiger partial charge in [-0.05, 0) is 18.6 Å². The molecule has 1 fully saturated rings. The van der Waals surface area contributed by atoms with Crippen molar-refractivity contribution in [1.29, 1.82) is 0 Å². The zero-order valence-electron chi connectivity index (χ0n) is 14.3. The second-order valence-electron chi connectivity index (χ2n) is 5.87. The average molecular weight is 388 g/mol. The maximum absolute atomic E-state index is 12.2. The molecule has 1 aliphatic rings. The lowest BCUT2D eigenvalue weighted by Gasteiger charge is -2.34. The molecule has 1 aromatic rings. The fourth-order valence-corrected chi connectivity index (χ4v) is 2.77. The van der Waals surface area contributed by atoms with E-state index in [0.29, 0.717) is 55.1 Å². The Morgan fingerprint density at radius 1 is 1.16 bits per heavy atom. The lowest BCUT2D eigenvalue weighted by molar-refractivity contribution is -0.135. The van der Waals surface area contributed by atoms with E-state index in [1.807, 2.05) is 6.92 Å². The molecular weight excluding hydrogens is 365 g/mol. The molecule has 0 saturated carbocycles. The SMILES string of the molecule is CCCNC(=O)CN1CCN(C(=O)COc2ccc(Cl)c(Cl)c2)CC1. The summed E-state index contributed by atoms with van der Waals surface area (Å²) in [6.07, 6.45) is 0.923. The van der Waals surface area contributed by atoms with Crippen LogP contribution in [0.15, 0.2) is 18.2 Å². The molecule has 1 aromatic carbocycles. The summed E-state index contributed by atoms with van der Waals surface area (Å²) in [7, 11) is 0. The van der Waals surface area contributed by atoms with Crippen LogP contribution in [0.5, 0.6) is 5.75 Å². The maximum atomic E-state index is 12.2. The first kappa shape index (κ1) is 19.8. The van der Waals surface area contributed by atoms with Crippen molar-refractivity contribution in [2.24, 2.45) is 0 Å². The van der Waals surface area contributed by atoms with Crippen LogP contribution < -0.4 is 10.1 Å². The summed E-state index contributed by atoms with van der Waals surface area (Å²) in [5.74, 6) is 0.458. The van der Waals surface area contributed by atoms with Gasteiger partial charge in [0.05, 0.1) is 16.6 Å². The number of amides is 2. The van der Waals surface area contributed by atoms with Gasteiger partial charge in [-0.15, -0.1) is 0 Å². The van der Waals surface area contributed by atoms with Gasteiger partial charge < -0.3 is 15.0 Å². The summed E-state index contributed by atoms with van der Waals surface area (Å²) in [4.78, 5) is 27.8. The Morgan fingerprint density at radius 2 is 1.88 bits per heavy atom. The molecule has 0 bridgehead atoms. The minimum absolute atomic E-state index is 0.0320. The van der Waals surface area contributed by atoms with E-state index in [9.17, 15) is 9.59 Å². The zero-order valence-corrected chi connectivity index (χ0v) is 15.8. The van der Waals surface area contributed by atoms with E-state index in [-0.39, 0.29) is 18.4 Å². The summed E-state index contributed by atoms with van der Waals surface area (Å²) in [6.45, 7) is 5.58. The van der Waals surface area contributed by atoms with Crippen LogP contribution >= 0.6 is 23.2 Å². The molecule has 0 spiro atoms. The van der Waals surface area contributed by atoms with Gasteiger partial charge >= 0.3 is 0 Å². The van der Waals surface area contributed by atoms with Crippen molar-refractivity contribution in [2.75, 3.05) is 45.9 Å². The maximum Gasteiger partial charge on any atom is 0.260 e. The van der Waals surface area contributed by atoms with Gasteiger partial charge in [-0.25, -0.2) is 0 Å². The molecule has 0 atom stereocenters. The van der Waals surface area contributed by atoms with Crippen molar-refractivity contribution < 1.29 is 14.3 Å². The van der Waals surface area contributed by atoms with Crippen molar-refractivity contribution in [2.45, 2.75) is 13.3 Å². The number of rotatable bonds is 7. The fraction of sp³-hybridized carbons (Fsp3) is 0.529. The Hall–Kier alpha value is -1.50. The standard InChI is InChI=1S/C17H23Cl2N3O3/c1-2-5-20-16(23)11-21-6-8-22(9-7-21)17(24)12-25-13-3-4-14(18)15(19)10-13/h3-4,10H,2,5-9,11-12H2,1H3,(H,20,23). The summed E-state index contributed by atoms with van der Waals surface area (Å²) in [5, 5.41) is 3.69. The summed E-state index contributed by atoms with van der Waals surface area (Å²) in [5.41, 5.74) is 0. The van der Waals surface area contributed by atoms with Crippen LogP contribution in [-0.2, 0) is 9.59 Å². The third-order valence-corrected chi connectivity index (χ3v) is 4.66. The Kier molecular flexibility index (Phi) is 7.81. The van der Waals surface area contributed by atoms with Crippen molar-refractivity contribution in [3.8, 4) is 5.75 Å². The smallest absolute Gasteiger partial charge is 0.260 e. The summed E-state index contributed by atoms with van der Waals surface area (Å²) in [6, 6.07) is 4.89. The molecule has 1 N–H and O–H groups in total. The largest absolute Gasteiger partial charge is 0.484 e. The molecular formula is C17H23Cl2N3O3. The first-order valence-corrected chi connectivity index (χ1v) is 9.10. The van der Waals surface area contributed by atoms with Crippen molar-refractivity contribution >= 4 is 35.0 Å². The van der Waals surface area contributed by atoms with Crippen molar-refractivity contribution in [3.63, 3.8) is 0 Å². The third-order valence-electron chi connectivity index (χ3n) is 3.92. The Morgan fingerprint density at radius 3 is 2.52 bits per heavy atom. The Bertz CT molecular complexity index is 605. The molecule has 0 radical (unpaired) electrons. The molecule has 2 rings (SSSR count). The fourth-order valence-electron chi connectivity index (χ4n) is 2.48. The summed E-state index contributed by atoms with van der Waals surface area (Å²) >= 11 is 11.8. The monoisotopic (exact) mass is 387 g/mol. The number of carbonyl (C=O) groups is 2. The van der Waals surface area contributed by atoms with Gasteiger partial charge in [0.1, 0.15) is 5.75 Å². The van der Waals surface area contributed by atoms with Crippen LogP contribution in [0.3, 0.4) is 0 Å². The highest BCUT2D eigenvalue weighted by Gasteiger charge is 2.22. The number of hydrogen-bond donors (Lipinski definition) is 1. The highest BCUT2D eigenvalue weighted by atomic mass is 35.5. The normalized spacial score (nSPS) is 15.1. The van der Waals surface area contributed by atoms with E-state index >= 15 is 0 Å². The molecule has 2 amide bonds. The van der Waals surface area contributed by atoms with E-state index in [2.05, 4.69) is 10.2 Å². The number of nitrogens with zero attached hydrogens (tertiary/aromatic N) is 2. The number of halogens is 2. The van der Waals surface area contributed by atoms with Gasteiger partial charge in [-0.1, -0.05) is 30.1 Å². The first-order valence-electron chi connectivity index (χ1n) is 8.34. The lowest BCUT2D eigenvalue weighted by Crippen LogP contribution is -2.52. The van der Waals surface area contributed by atoms with E-state index in [1.54, 1.807) is 23.1 Å². The predicted molar refractivity (Wildman–Crippen MR) is 98.3 cm³/mol. The van der Waals surface area contributed by atoms with Crippen LogP contribution in [-0.4, -0.2) is 67.5 Å². The number of ether oxygens (including phenoxy) is 1. The first-order chi connectivity index (χ1) is 12.0. The van der Waals surface area contributed by atoms with Crippen LogP contribution in [0, 0.1) is 0 Å². The average Bonchev–Trinajstić information content (AvgIpc) is 2.61. The Balaban J connectivity index is 1.71. The minimum Gasteiger partial charge on any atom is -0.484 e. The molecule has 25 heavy (non-hydrogen) atoms. The molecule has 8 heteroatoms. The highest BCUT2D eigenvalue weighted by molar-refractivity contribution is 6.42. The summed E-state index contributed by atoms with van der Waals surface area (Å²) < 4.78 is 5.48. The zero-order chi connectivity index (χ0) is 18.2. The van der Waals surface area contributed by atoms with Gasteiger partial charge in [0.2, 0.25) is 5.91 Å². The number of benzene rings is 1. The third kappa shape index (κ3) is 6.38. The van der Waals surface area contributed by atoms with Gasteiger partial charge in [-0.3, -0.25) is 14.5 Å². The molecule has 1 heterocycles. The molecule has 138 valence electrons. The van der Waals surface area contributed by atoms with Gasteiger partial charge in [0.15, 0.2) is 6.61 Å². The van der Waals surface area contributed by atoms with Crippen LogP contribution in [0.4, 0.5) is 0 Å². The van der Waals surface area contributed by atoms with Crippen LogP contribution in [0.1, 0.15) is 13.3 Å². The number of carbonyl (C=O) groups excluding carboxylic acids is 2. The number of piperazine rings is 1. The second-order valence-corrected chi connectivity index (χ2v) is 6.69. The van der Waals surface area contributed by atoms with Gasteiger partial charge in [0.25, 0.3) is 5.91 Å². The van der Waals surface area contributed by atoms with Gasteiger partial charge in [0, 0.05) is 38.8 Å². The molecule has 6 nitrogen and oxygen atoms in total. The van der Waals surface area contributed by atoms with E-state index in [0.717, 1.165) is 6.42 Å². The Labute approximate surface area is 158 Å². The molecule has 0 aliphatic carbocycles. The lowest BCUT2D eigenvalue weighted by atomic mass is 10.3. The quantitative estimate of drug-likeness (QED) is 0.777. The molecule has 0 aromatic heterocycles. The van der Waals surface area contributed by atoms with E-state index in [4.69, 9.17) is 27.9 Å². The molecule has 1 saturated heterocycles. The highest BCUT2D eigenvalue weighted by Crippen LogP contribution is 2.26. The van der Waals surface area contributed by atoms with Crippen LogP contribution in [0.2, 0.25) is 10.0 Å².